The van der Waals surface area contributed by atoms with Crippen LogP contribution in [0.5, 0.6) is 5.75 Å². The molecule has 20 heavy (non-hydrogen) atoms. The summed E-state index contributed by atoms with van der Waals surface area (Å²) in [6.45, 7) is 0. The molecule has 0 saturated carbocycles. The third-order valence-corrected chi connectivity index (χ3v) is 4.55. The van der Waals surface area contributed by atoms with Gasteiger partial charge in [0, 0.05) is 0 Å². The van der Waals surface area contributed by atoms with Crippen LogP contribution in [0.4, 0.5) is 0 Å². The van der Waals surface area contributed by atoms with Crippen LogP contribution in [0.1, 0.15) is 10.5 Å². The van der Waals surface area contributed by atoms with Gasteiger partial charge in [-0.15, -0.1) is 0 Å². The molecular weight excluding hydrogens is 412 g/mol. The molecule has 0 radical (unpaired) electrons. The highest BCUT2D eigenvalue weighted by atomic mass is 79.9. The average Bonchev–Trinajstić information content (AvgIpc) is 2.43. The van der Waals surface area contributed by atoms with Crippen LogP contribution >= 0.6 is 62.3 Å². The largest absolute Gasteiger partial charge is 0.421 e. The van der Waals surface area contributed by atoms with Crippen molar-refractivity contribution in [3.63, 3.8) is 0 Å². The molecule has 0 bridgehead atoms. The minimum atomic E-state index is -0.789. The first-order chi connectivity index (χ1) is 9.41. The van der Waals surface area contributed by atoms with E-state index in [0.717, 1.165) is 0 Å². The molecule has 0 N–H and O–H groups in total. The van der Waals surface area contributed by atoms with Crippen LogP contribution in [0.3, 0.4) is 0 Å². The summed E-state index contributed by atoms with van der Waals surface area (Å²) in [6, 6.07) is 6.82. The van der Waals surface area contributed by atoms with E-state index in [1.807, 2.05) is 0 Å². The Hall–Kier alpha value is -0.520. The second-order valence-corrected chi connectivity index (χ2v) is 5.86. The van der Waals surface area contributed by atoms with E-state index >= 15 is 0 Å². The van der Waals surface area contributed by atoms with Crippen molar-refractivity contribution in [1.29, 1.82) is 0 Å². The summed E-state index contributed by atoms with van der Waals surface area (Å²) < 4.78 is 5.78. The van der Waals surface area contributed by atoms with E-state index in [9.17, 15) is 4.79 Å². The Labute approximate surface area is 142 Å². The van der Waals surface area contributed by atoms with Gasteiger partial charge in [0.1, 0.15) is 10.9 Å². The van der Waals surface area contributed by atoms with Crippen molar-refractivity contribution in [3.8, 4) is 5.75 Å². The molecule has 104 valence electrons. The van der Waals surface area contributed by atoms with Gasteiger partial charge < -0.3 is 4.74 Å². The van der Waals surface area contributed by atoms with Crippen molar-refractivity contribution in [2.24, 2.45) is 0 Å². The molecule has 0 amide bonds. The maximum absolute atomic E-state index is 12.1. The van der Waals surface area contributed by atoms with Gasteiger partial charge in [-0.25, -0.2) is 9.78 Å². The lowest BCUT2D eigenvalue weighted by Gasteiger charge is -2.09. The van der Waals surface area contributed by atoms with Gasteiger partial charge in [0.2, 0.25) is 0 Å². The van der Waals surface area contributed by atoms with Crippen LogP contribution in [0.2, 0.25) is 20.2 Å². The molecule has 2 aromatic rings. The summed E-state index contributed by atoms with van der Waals surface area (Å²) in [5, 5.41) is -0.304. The SMILES string of the molecule is O=C(Oc1ccccc1Br)c1nc(Cl)c(Cl)c(Cl)c1Cl. The van der Waals surface area contributed by atoms with E-state index in [-0.39, 0.29) is 25.9 Å². The lowest BCUT2D eigenvalue weighted by atomic mass is 10.3. The first-order valence-corrected chi connectivity index (χ1v) is 7.39. The number of rotatable bonds is 2. The summed E-state index contributed by atoms with van der Waals surface area (Å²) in [5.41, 5.74) is -0.207. The molecular formula is C12H4BrCl4NO2. The van der Waals surface area contributed by atoms with Crippen molar-refractivity contribution < 1.29 is 9.53 Å². The van der Waals surface area contributed by atoms with E-state index < -0.39 is 5.97 Å². The molecule has 3 nitrogen and oxygen atoms in total. The van der Waals surface area contributed by atoms with E-state index in [0.29, 0.717) is 10.2 Å². The standard InChI is InChI=1S/C12H4BrCl4NO2/c13-5-3-1-2-4-6(5)20-12(19)10-8(15)7(14)9(16)11(17)18-10/h1-4H. The Morgan fingerprint density at radius 3 is 2.35 bits per heavy atom. The first kappa shape index (κ1) is 15.9. The number of benzene rings is 1. The number of aromatic nitrogens is 1. The maximum Gasteiger partial charge on any atom is 0.364 e. The van der Waals surface area contributed by atoms with Gasteiger partial charge in [-0.3, -0.25) is 0 Å². The zero-order valence-electron chi connectivity index (χ0n) is 9.46. The van der Waals surface area contributed by atoms with Crippen LogP contribution in [-0.4, -0.2) is 11.0 Å². The van der Waals surface area contributed by atoms with Crippen molar-refractivity contribution in [2.45, 2.75) is 0 Å². The van der Waals surface area contributed by atoms with Crippen LogP contribution in [0, 0.1) is 0 Å². The molecule has 2 rings (SSSR count). The molecule has 0 spiro atoms. The zero-order chi connectivity index (χ0) is 14.9. The van der Waals surface area contributed by atoms with E-state index in [4.69, 9.17) is 51.1 Å². The molecule has 0 aliphatic carbocycles. The Morgan fingerprint density at radius 2 is 1.70 bits per heavy atom. The second kappa shape index (κ2) is 6.50. The van der Waals surface area contributed by atoms with Crippen molar-refractivity contribution >= 4 is 68.3 Å². The normalized spacial score (nSPS) is 10.4. The zero-order valence-corrected chi connectivity index (χ0v) is 14.1. The van der Waals surface area contributed by atoms with Crippen molar-refractivity contribution in [3.05, 3.63) is 54.7 Å². The smallest absolute Gasteiger partial charge is 0.364 e. The summed E-state index contributed by atoms with van der Waals surface area (Å²) in [4.78, 5) is 15.8. The summed E-state index contributed by atoms with van der Waals surface area (Å²) in [6.07, 6.45) is 0. The highest BCUT2D eigenvalue weighted by molar-refractivity contribution is 9.10. The number of pyridine rings is 1. The molecule has 0 saturated heterocycles. The van der Waals surface area contributed by atoms with Gasteiger partial charge in [0.05, 0.1) is 19.5 Å². The Bertz CT molecular complexity index is 693. The molecule has 0 fully saturated rings. The number of hydrogen-bond donors (Lipinski definition) is 0. The highest BCUT2D eigenvalue weighted by Crippen LogP contribution is 2.36. The predicted octanol–water partition coefficient (Wildman–Crippen LogP) is 5.68. The van der Waals surface area contributed by atoms with Gasteiger partial charge in [0.25, 0.3) is 0 Å². The number of nitrogens with zero attached hydrogens (tertiary/aromatic N) is 1. The number of esters is 1. The van der Waals surface area contributed by atoms with E-state index in [1.165, 1.54) is 0 Å². The number of ether oxygens (including phenoxy) is 1. The van der Waals surface area contributed by atoms with Gasteiger partial charge in [-0.2, -0.15) is 0 Å². The second-order valence-electron chi connectivity index (χ2n) is 3.51. The first-order valence-electron chi connectivity index (χ1n) is 5.08. The monoisotopic (exact) mass is 413 g/mol. The summed E-state index contributed by atoms with van der Waals surface area (Å²) in [7, 11) is 0. The number of halogens is 5. The predicted molar refractivity (Wildman–Crippen MR) is 83.4 cm³/mol. The van der Waals surface area contributed by atoms with Crippen LogP contribution in [-0.2, 0) is 0 Å². The van der Waals surface area contributed by atoms with E-state index in [1.54, 1.807) is 24.3 Å². The maximum atomic E-state index is 12.1. The van der Waals surface area contributed by atoms with E-state index in [2.05, 4.69) is 20.9 Å². The molecule has 0 aliphatic heterocycles. The Morgan fingerprint density at radius 1 is 1.05 bits per heavy atom. The topological polar surface area (TPSA) is 39.2 Å². The number of hydrogen-bond acceptors (Lipinski definition) is 3. The van der Waals surface area contributed by atoms with Crippen molar-refractivity contribution in [2.75, 3.05) is 0 Å². The van der Waals surface area contributed by atoms with Crippen LogP contribution < -0.4 is 4.74 Å². The number of carbonyl (C=O) groups is 1. The van der Waals surface area contributed by atoms with Crippen LogP contribution in [0.25, 0.3) is 0 Å². The van der Waals surface area contributed by atoms with Gasteiger partial charge in [-0.1, -0.05) is 58.5 Å². The molecule has 0 atom stereocenters. The summed E-state index contributed by atoms with van der Waals surface area (Å²) in [5.74, 6) is -0.472. The molecule has 8 heteroatoms. The quantitative estimate of drug-likeness (QED) is 0.360. The number of carbonyl (C=O) groups excluding carboxylic acids is 1. The van der Waals surface area contributed by atoms with Gasteiger partial charge >= 0.3 is 5.97 Å². The van der Waals surface area contributed by atoms with Crippen molar-refractivity contribution in [1.82, 2.24) is 4.98 Å². The van der Waals surface area contributed by atoms with Gasteiger partial charge in [-0.05, 0) is 28.1 Å². The fourth-order valence-electron chi connectivity index (χ4n) is 1.30. The van der Waals surface area contributed by atoms with Gasteiger partial charge in [0.15, 0.2) is 5.69 Å². The third kappa shape index (κ3) is 3.21. The molecule has 0 aliphatic rings. The summed E-state index contributed by atoms with van der Waals surface area (Å²) >= 11 is 26.6. The molecule has 1 aromatic heterocycles. The fraction of sp³-hybridized carbons (Fsp3) is 0. The molecule has 1 heterocycles. The highest BCUT2D eigenvalue weighted by Gasteiger charge is 2.22. The van der Waals surface area contributed by atoms with Crippen LogP contribution in [0.15, 0.2) is 28.7 Å². The third-order valence-electron chi connectivity index (χ3n) is 2.22. The lowest BCUT2D eigenvalue weighted by molar-refractivity contribution is 0.0727. The Balaban J connectivity index is 2.38. The molecule has 0 unspecified atom stereocenters. The minimum absolute atomic E-state index is 0.0178. The average molecular weight is 416 g/mol. The lowest BCUT2D eigenvalue weighted by Crippen LogP contribution is -2.12. The molecule has 1 aromatic carbocycles. The number of para-hydroxylation sites is 1. The Kier molecular flexibility index (Phi) is 5.15. The fourth-order valence-corrected chi connectivity index (χ4v) is 2.47. The minimum Gasteiger partial charge on any atom is -0.421 e.